The van der Waals surface area contributed by atoms with E-state index in [4.69, 9.17) is 10.7 Å². The zero-order valence-corrected chi connectivity index (χ0v) is 15.8. The maximum Gasteiger partial charge on any atom is 0.262 e. The van der Waals surface area contributed by atoms with Gasteiger partial charge in [0.1, 0.15) is 10.7 Å². The molecule has 0 amide bonds. The third kappa shape index (κ3) is 3.20. The zero-order chi connectivity index (χ0) is 18.1. The molecule has 0 saturated carbocycles. The lowest BCUT2D eigenvalue weighted by molar-refractivity contribution is 0.221. The Hall–Kier alpha value is -2.02. The highest BCUT2D eigenvalue weighted by atomic mass is 32.1. The summed E-state index contributed by atoms with van der Waals surface area (Å²) in [7, 11) is 0. The third-order valence-electron chi connectivity index (χ3n) is 5.18. The number of rotatable bonds is 5. The van der Waals surface area contributed by atoms with E-state index in [0.29, 0.717) is 11.9 Å². The maximum atomic E-state index is 13.2. The molecule has 2 atom stereocenters. The van der Waals surface area contributed by atoms with Gasteiger partial charge in [0.05, 0.1) is 18.0 Å². The van der Waals surface area contributed by atoms with Crippen LogP contribution in [0.3, 0.4) is 0 Å². The average molecular weight is 369 g/mol. The number of aromatic nitrogens is 2. The SMILES string of the molecule is CCC(c1nc2sccc2c(=O)n1Cc1ccccc1)N1CCC(N)C1. The van der Waals surface area contributed by atoms with Gasteiger partial charge in [0, 0.05) is 19.1 Å². The highest BCUT2D eigenvalue weighted by Crippen LogP contribution is 2.28. The van der Waals surface area contributed by atoms with Gasteiger partial charge in [-0.3, -0.25) is 14.3 Å². The van der Waals surface area contributed by atoms with Gasteiger partial charge in [-0.25, -0.2) is 4.98 Å². The molecule has 0 spiro atoms. The molecule has 2 aromatic heterocycles. The lowest BCUT2D eigenvalue weighted by atomic mass is 10.1. The fourth-order valence-electron chi connectivity index (χ4n) is 3.84. The molecule has 3 heterocycles. The second-order valence-electron chi connectivity index (χ2n) is 6.95. The quantitative estimate of drug-likeness (QED) is 0.752. The second-order valence-corrected chi connectivity index (χ2v) is 7.85. The maximum absolute atomic E-state index is 13.2. The van der Waals surface area contributed by atoms with Crippen LogP contribution in [0.5, 0.6) is 0 Å². The summed E-state index contributed by atoms with van der Waals surface area (Å²) in [5, 5.41) is 2.66. The molecule has 1 saturated heterocycles. The van der Waals surface area contributed by atoms with Crippen LogP contribution in [-0.2, 0) is 6.54 Å². The van der Waals surface area contributed by atoms with E-state index in [9.17, 15) is 4.79 Å². The fraction of sp³-hybridized carbons (Fsp3) is 0.400. The highest BCUT2D eigenvalue weighted by molar-refractivity contribution is 7.16. The van der Waals surface area contributed by atoms with Crippen molar-refractivity contribution in [3.05, 3.63) is 63.5 Å². The molecule has 1 aliphatic rings. The summed E-state index contributed by atoms with van der Waals surface area (Å²) in [6.07, 6.45) is 1.91. The lowest BCUT2D eigenvalue weighted by Gasteiger charge is -2.28. The minimum Gasteiger partial charge on any atom is -0.326 e. The number of nitrogens with two attached hydrogens (primary N) is 1. The number of hydrogen-bond donors (Lipinski definition) is 1. The van der Waals surface area contributed by atoms with Crippen LogP contribution in [0.25, 0.3) is 10.2 Å². The van der Waals surface area contributed by atoms with Gasteiger partial charge in [-0.2, -0.15) is 0 Å². The van der Waals surface area contributed by atoms with Gasteiger partial charge < -0.3 is 5.73 Å². The number of thiophene rings is 1. The molecule has 0 radical (unpaired) electrons. The van der Waals surface area contributed by atoms with Gasteiger partial charge in [-0.15, -0.1) is 11.3 Å². The third-order valence-corrected chi connectivity index (χ3v) is 5.98. The van der Waals surface area contributed by atoms with Crippen LogP contribution in [0.15, 0.2) is 46.6 Å². The van der Waals surface area contributed by atoms with E-state index in [0.717, 1.165) is 42.1 Å². The predicted molar refractivity (Wildman–Crippen MR) is 107 cm³/mol. The Bertz CT molecular complexity index is 949. The first kappa shape index (κ1) is 17.4. The Morgan fingerprint density at radius 3 is 2.81 bits per heavy atom. The molecule has 26 heavy (non-hydrogen) atoms. The summed E-state index contributed by atoms with van der Waals surface area (Å²) in [4.78, 5) is 21.3. The van der Waals surface area contributed by atoms with Crippen molar-refractivity contribution in [2.45, 2.75) is 38.4 Å². The highest BCUT2D eigenvalue weighted by Gasteiger charge is 2.30. The largest absolute Gasteiger partial charge is 0.326 e. The van der Waals surface area contributed by atoms with Gasteiger partial charge in [0.2, 0.25) is 0 Å². The van der Waals surface area contributed by atoms with Crippen molar-refractivity contribution in [1.82, 2.24) is 14.5 Å². The summed E-state index contributed by atoms with van der Waals surface area (Å²) in [6, 6.07) is 12.3. The number of hydrogen-bond acceptors (Lipinski definition) is 5. The van der Waals surface area contributed by atoms with E-state index in [1.54, 1.807) is 0 Å². The van der Waals surface area contributed by atoms with E-state index in [-0.39, 0.29) is 17.6 Å². The molecule has 2 N–H and O–H groups in total. The van der Waals surface area contributed by atoms with Crippen LogP contribution in [0.2, 0.25) is 0 Å². The molecule has 3 aromatic rings. The van der Waals surface area contributed by atoms with Crippen LogP contribution in [0.4, 0.5) is 0 Å². The van der Waals surface area contributed by atoms with Crippen molar-refractivity contribution >= 4 is 21.6 Å². The summed E-state index contributed by atoms with van der Waals surface area (Å²) in [5.41, 5.74) is 7.30. The molecule has 0 bridgehead atoms. The van der Waals surface area contributed by atoms with Crippen LogP contribution >= 0.6 is 11.3 Å². The lowest BCUT2D eigenvalue weighted by Crippen LogP contribution is -2.35. The first-order valence-electron chi connectivity index (χ1n) is 9.19. The molecule has 1 aliphatic heterocycles. The smallest absolute Gasteiger partial charge is 0.262 e. The van der Waals surface area contributed by atoms with Gasteiger partial charge in [-0.1, -0.05) is 37.3 Å². The summed E-state index contributed by atoms with van der Waals surface area (Å²) < 4.78 is 1.86. The number of likely N-dealkylation sites (tertiary alicyclic amines) is 1. The first-order chi connectivity index (χ1) is 12.7. The van der Waals surface area contributed by atoms with E-state index in [1.165, 1.54) is 11.3 Å². The normalized spacial score (nSPS) is 19.2. The number of fused-ring (bicyclic) bond motifs is 1. The molecular formula is C20H24N4OS. The molecular weight excluding hydrogens is 344 g/mol. The average Bonchev–Trinajstić information content (AvgIpc) is 3.29. The van der Waals surface area contributed by atoms with Crippen molar-refractivity contribution in [3.63, 3.8) is 0 Å². The monoisotopic (exact) mass is 368 g/mol. The van der Waals surface area contributed by atoms with Crippen LogP contribution in [0, 0.1) is 0 Å². The van der Waals surface area contributed by atoms with Crippen molar-refractivity contribution in [3.8, 4) is 0 Å². The Morgan fingerprint density at radius 2 is 2.12 bits per heavy atom. The number of benzene rings is 1. The Kier molecular flexibility index (Phi) is 4.89. The van der Waals surface area contributed by atoms with Crippen molar-refractivity contribution in [1.29, 1.82) is 0 Å². The molecule has 1 aromatic carbocycles. The Morgan fingerprint density at radius 1 is 1.31 bits per heavy atom. The summed E-state index contributed by atoms with van der Waals surface area (Å²) in [6.45, 7) is 4.53. The summed E-state index contributed by atoms with van der Waals surface area (Å²) in [5.74, 6) is 0.866. The fourth-order valence-corrected chi connectivity index (χ4v) is 4.60. The predicted octanol–water partition coefficient (Wildman–Crippen LogP) is 2.99. The number of nitrogens with zero attached hydrogens (tertiary/aromatic N) is 3. The van der Waals surface area contributed by atoms with Crippen molar-refractivity contribution in [2.75, 3.05) is 13.1 Å². The van der Waals surface area contributed by atoms with Gasteiger partial charge in [0.25, 0.3) is 5.56 Å². The van der Waals surface area contributed by atoms with E-state index >= 15 is 0 Å². The molecule has 1 fully saturated rings. The zero-order valence-electron chi connectivity index (χ0n) is 15.0. The molecule has 5 nitrogen and oxygen atoms in total. The van der Waals surface area contributed by atoms with Gasteiger partial charge >= 0.3 is 0 Å². The Labute approximate surface area is 157 Å². The topological polar surface area (TPSA) is 64.2 Å². The van der Waals surface area contributed by atoms with E-state index < -0.39 is 0 Å². The Balaban J connectivity index is 1.83. The van der Waals surface area contributed by atoms with Crippen molar-refractivity contribution < 1.29 is 0 Å². The molecule has 4 rings (SSSR count). The minimum atomic E-state index is 0.0528. The second kappa shape index (κ2) is 7.31. The van der Waals surface area contributed by atoms with E-state index in [1.807, 2.05) is 34.2 Å². The first-order valence-corrected chi connectivity index (χ1v) is 10.1. The standard InChI is InChI=1S/C20H24N4OS/c1-2-17(23-10-8-15(21)13-23)18-22-19-16(9-11-26-19)20(25)24(18)12-14-6-4-3-5-7-14/h3-7,9,11,15,17H,2,8,10,12-13,21H2,1H3. The van der Waals surface area contributed by atoms with Gasteiger partial charge in [-0.05, 0) is 29.9 Å². The van der Waals surface area contributed by atoms with Crippen LogP contribution in [-0.4, -0.2) is 33.6 Å². The van der Waals surface area contributed by atoms with Crippen LogP contribution in [0.1, 0.15) is 37.2 Å². The van der Waals surface area contributed by atoms with Gasteiger partial charge in [0.15, 0.2) is 0 Å². The summed E-state index contributed by atoms with van der Waals surface area (Å²) >= 11 is 1.53. The van der Waals surface area contributed by atoms with Crippen LogP contribution < -0.4 is 11.3 Å². The molecule has 0 aliphatic carbocycles. The molecule has 136 valence electrons. The molecule has 6 heteroatoms. The molecule has 2 unspecified atom stereocenters. The van der Waals surface area contributed by atoms with Crippen molar-refractivity contribution in [2.24, 2.45) is 5.73 Å². The minimum absolute atomic E-state index is 0.0528. The van der Waals surface area contributed by atoms with E-state index in [2.05, 4.69) is 24.0 Å².